The monoisotopic (exact) mass is 353 g/mol. The van der Waals surface area contributed by atoms with Gasteiger partial charge in [-0.05, 0) is 59.1 Å². The van der Waals surface area contributed by atoms with Gasteiger partial charge >= 0.3 is 0 Å². The van der Waals surface area contributed by atoms with E-state index in [0.717, 1.165) is 11.1 Å². The van der Waals surface area contributed by atoms with Gasteiger partial charge in [0.25, 0.3) is 0 Å². The van der Waals surface area contributed by atoms with Crippen molar-refractivity contribution in [3.05, 3.63) is 69.2 Å². The summed E-state index contributed by atoms with van der Waals surface area (Å²) in [5, 5.41) is 3.27. The molecule has 0 spiro atoms. The van der Waals surface area contributed by atoms with Gasteiger partial charge in [0, 0.05) is 11.6 Å². The summed E-state index contributed by atoms with van der Waals surface area (Å²) >= 11 is 3.27. The van der Waals surface area contributed by atoms with E-state index in [4.69, 9.17) is 0 Å². The van der Waals surface area contributed by atoms with Gasteiger partial charge in [0.05, 0.1) is 4.47 Å². The molecular formula is C17H18BrF2N. The molecule has 0 bridgehead atoms. The van der Waals surface area contributed by atoms with Crippen LogP contribution in [0.25, 0.3) is 0 Å². The van der Waals surface area contributed by atoms with E-state index in [-0.39, 0.29) is 17.7 Å². The predicted octanol–water partition coefficient (Wildman–Crippen LogP) is 4.93. The Hall–Kier alpha value is -1.26. The highest BCUT2D eigenvalue weighted by molar-refractivity contribution is 9.10. The summed E-state index contributed by atoms with van der Waals surface area (Å²) in [4.78, 5) is 0. The average molecular weight is 354 g/mol. The summed E-state index contributed by atoms with van der Waals surface area (Å²) in [6.45, 7) is 4.54. The molecule has 0 amide bonds. The summed E-state index contributed by atoms with van der Waals surface area (Å²) in [7, 11) is 0. The van der Waals surface area contributed by atoms with Crippen molar-refractivity contribution in [2.75, 3.05) is 6.54 Å². The molecule has 0 aliphatic heterocycles. The van der Waals surface area contributed by atoms with Crippen molar-refractivity contribution < 1.29 is 8.78 Å². The zero-order valence-corrected chi connectivity index (χ0v) is 13.7. The summed E-state index contributed by atoms with van der Waals surface area (Å²) in [6.07, 6.45) is 0.520. The van der Waals surface area contributed by atoms with E-state index >= 15 is 0 Å². The fourth-order valence-electron chi connectivity index (χ4n) is 2.38. The van der Waals surface area contributed by atoms with Crippen molar-refractivity contribution in [2.24, 2.45) is 0 Å². The Morgan fingerprint density at radius 1 is 1.14 bits per heavy atom. The molecule has 0 saturated carbocycles. The van der Waals surface area contributed by atoms with Gasteiger partial charge in [0.1, 0.15) is 11.6 Å². The van der Waals surface area contributed by atoms with Crippen LogP contribution < -0.4 is 5.32 Å². The third-order valence-electron chi connectivity index (χ3n) is 3.44. The van der Waals surface area contributed by atoms with Crippen molar-refractivity contribution in [1.29, 1.82) is 0 Å². The molecule has 0 fully saturated rings. The van der Waals surface area contributed by atoms with Crippen molar-refractivity contribution in [3.8, 4) is 0 Å². The van der Waals surface area contributed by atoms with Crippen molar-refractivity contribution in [1.82, 2.24) is 5.32 Å². The molecule has 1 nitrogen and oxygen atoms in total. The second-order valence-electron chi connectivity index (χ2n) is 5.05. The molecule has 2 aromatic rings. The average Bonchev–Trinajstić information content (AvgIpc) is 2.43. The van der Waals surface area contributed by atoms with E-state index in [1.54, 1.807) is 12.1 Å². The highest BCUT2D eigenvalue weighted by Gasteiger charge is 2.17. The maximum Gasteiger partial charge on any atom is 0.137 e. The Kier molecular flexibility index (Phi) is 5.48. The van der Waals surface area contributed by atoms with E-state index < -0.39 is 0 Å². The maximum atomic E-state index is 14.2. The Morgan fingerprint density at radius 3 is 2.57 bits per heavy atom. The molecule has 0 aromatic heterocycles. The lowest BCUT2D eigenvalue weighted by Gasteiger charge is -2.20. The van der Waals surface area contributed by atoms with Crippen LogP contribution in [0.5, 0.6) is 0 Å². The van der Waals surface area contributed by atoms with Crippen molar-refractivity contribution in [2.45, 2.75) is 26.3 Å². The van der Waals surface area contributed by atoms with E-state index in [0.29, 0.717) is 23.0 Å². The first-order chi connectivity index (χ1) is 10.0. The first kappa shape index (κ1) is 16.1. The number of aryl methyl sites for hydroxylation is 1. The van der Waals surface area contributed by atoms with Gasteiger partial charge in [-0.15, -0.1) is 0 Å². The maximum absolute atomic E-state index is 14.2. The van der Waals surface area contributed by atoms with Crippen LogP contribution in [-0.4, -0.2) is 6.54 Å². The molecule has 0 aliphatic rings. The third-order valence-corrected chi connectivity index (χ3v) is 4.33. The second kappa shape index (κ2) is 7.14. The number of hydrogen-bond acceptors (Lipinski definition) is 1. The van der Waals surface area contributed by atoms with Crippen LogP contribution in [0.1, 0.15) is 29.7 Å². The van der Waals surface area contributed by atoms with E-state index in [1.807, 2.05) is 26.0 Å². The number of likely N-dealkylation sites (N-methyl/N-ethyl adjacent to an activating group) is 1. The topological polar surface area (TPSA) is 12.0 Å². The SMILES string of the molecule is CCNC(Cc1cccc(F)c1Br)c1ccc(C)cc1F. The van der Waals surface area contributed by atoms with E-state index in [2.05, 4.69) is 21.2 Å². The highest BCUT2D eigenvalue weighted by Crippen LogP contribution is 2.27. The summed E-state index contributed by atoms with van der Waals surface area (Å²) in [5.41, 5.74) is 2.32. The van der Waals surface area contributed by atoms with Gasteiger partial charge in [0.15, 0.2) is 0 Å². The van der Waals surface area contributed by atoms with Gasteiger partial charge in [-0.2, -0.15) is 0 Å². The number of halogens is 3. The quantitative estimate of drug-likeness (QED) is 0.803. The van der Waals surface area contributed by atoms with Crippen LogP contribution in [0, 0.1) is 18.6 Å². The molecule has 0 radical (unpaired) electrons. The second-order valence-corrected chi connectivity index (χ2v) is 5.85. The fraction of sp³-hybridized carbons (Fsp3) is 0.294. The molecule has 1 N–H and O–H groups in total. The Balaban J connectivity index is 2.33. The van der Waals surface area contributed by atoms with E-state index in [9.17, 15) is 8.78 Å². The molecule has 112 valence electrons. The molecule has 1 unspecified atom stereocenters. The zero-order chi connectivity index (χ0) is 15.4. The molecular weight excluding hydrogens is 336 g/mol. The summed E-state index contributed by atoms with van der Waals surface area (Å²) in [5.74, 6) is -0.527. The molecule has 0 heterocycles. The summed E-state index contributed by atoms with van der Waals surface area (Å²) in [6, 6.07) is 9.96. The summed E-state index contributed by atoms with van der Waals surface area (Å²) < 4.78 is 28.2. The number of rotatable bonds is 5. The smallest absolute Gasteiger partial charge is 0.137 e. The van der Waals surface area contributed by atoms with Gasteiger partial charge in [-0.25, -0.2) is 8.78 Å². The molecule has 21 heavy (non-hydrogen) atoms. The fourth-order valence-corrected chi connectivity index (χ4v) is 2.81. The standard InChI is InChI=1S/C17H18BrF2N/c1-3-21-16(13-8-7-11(2)9-15(13)20)10-12-5-4-6-14(19)17(12)18/h4-9,16,21H,3,10H2,1-2H3. The minimum atomic E-state index is -0.299. The first-order valence-electron chi connectivity index (χ1n) is 6.95. The molecule has 2 rings (SSSR count). The zero-order valence-electron chi connectivity index (χ0n) is 12.1. The van der Waals surface area contributed by atoms with Gasteiger partial charge < -0.3 is 5.32 Å². The minimum Gasteiger partial charge on any atom is -0.310 e. The molecule has 4 heteroatoms. The molecule has 0 aliphatic carbocycles. The van der Waals surface area contributed by atoms with Crippen LogP contribution in [0.4, 0.5) is 8.78 Å². The number of hydrogen-bond donors (Lipinski definition) is 1. The van der Waals surface area contributed by atoms with Crippen LogP contribution in [0.3, 0.4) is 0 Å². The van der Waals surface area contributed by atoms with Crippen LogP contribution in [-0.2, 0) is 6.42 Å². The predicted molar refractivity (Wildman–Crippen MR) is 85.4 cm³/mol. The minimum absolute atomic E-state index is 0.186. The Labute approximate surface area is 132 Å². The first-order valence-corrected chi connectivity index (χ1v) is 7.74. The number of benzene rings is 2. The van der Waals surface area contributed by atoms with Gasteiger partial charge in [-0.1, -0.05) is 31.2 Å². The molecule has 2 aromatic carbocycles. The molecule has 1 atom stereocenters. The third kappa shape index (κ3) is 3.89. The Bertz CT molecular complexity index is 628. The van der Waals surface area contributed by atoms with Crippen LogP contribution in [0.15, 0.2) is 40.9 Å². The highest BCUT2D eigenvalue weighted by atomic mass is 79.9. The van der Waals surface area contributed by atoms with E-state index in [1.165, 1.54) is 12.1 Å². The normalized spacial score (nSPS) is 12.4. The lowest BCUT2D eigenvalue weighted by Crippen LogP contribution is -2.24. The number of nitrogens with one attached hydrogen (secondary N) is 1. The lowest BCUT2D eigenvalue weighted by molar-refractivity contribution is 0.507. The van der Waals surface area contributed by atoms with Gasteiger partial charge in [-0.3, -0.25) is 0 Å². The van der Waals surface area contributed by atoms with Crippen molar-refractivity contribution >= 4 is 15.9 Å². The molecule has 0 saturated heterocycles. The van der Waals surface area contributed by atoms with Crippen molar-refractivity contribution in [3.63, 3.8) is 0 Å². The van der Waals surface area contributed by atoms with Crippen LogP contribution in [0.2, 0.25) is 0 Å². The van der Waals surface area contributed by atoms with Crippen LogP contribution >= 0.6 is 15.9 Å². The Morgan fingerprint density at radius 2 is 1.90 bits per heavy atom. The largest absolute Gasteiger partial charge is 0.310 e. The van der Waals surface area contributed by atoms with Gasteiger partial charge in [0.2, 0.25) is 0 Å². The lowest BCUT2D eigenvalue weighted by atomic mass is 9.97.